The van der Waals surface area contributed by atoms with Crippen LogP contribution in [0.15, 0.2) is 11.4 Å². The fourth-order valence-electron chi connectivity index (χ4n) is 3.20. The van der Waals surface area contributed by atoms with Crippen molar-refractivity contribution in [2.75, 3.05) is 51.8 Å². The van der Waals surface area contributed by atoms with E-state index in [1.54, 1.807) is 23.3 Å². The highest BCUT2D eigenvalue weighted by atomic mass is 32.1. The molecule has 0 amide bonds. The lowest BCUT2D eigenvalue weighted by atomic mass is 10.2. The van der Waals surface area contributed by atoms with Crippen molar-refractivity contribution in [2.24, 2.45) is 0 Å². The normalized spacial score (nSPS) is 16.3. The van der Waals surface area contributed by atoms with E-state index in [-0.39, 0.29) is 0 Å². The Hall–Kier alpha value is -1.37. The fourth-order valence-corrected chi connectivity index (χ4v) is 4.08. The number of likely N-dealkylation sites (N-methyl/N-ethyl adjacent to an activating group) is 1. The standard InChI is InChI=1S/C17H26N4OS/c1-13-11-15(14(2)21(13)9-10-22-4)16-12-23-17(18-16)20-7-5-19(3)6-8-20/h11-12H,5-10H2,1-4H3/p+1. The average Bonchev–Trinajstić information content (AvgIpc) is 3.12. The molecule has 1 fully saturated rings. The van der Waals surface area contributed by atoms with Crippen LogP contribution in [-0.4, -0.2) is 56.5 Å². The molecule has 0 atom stereocenters. The number of aromatic nitrogens is 2. The number of hydrogen-bond donors (Lipinski definition) is 1. The van der Waals surface area contributed by atoms with Crippen molar-refractivity contribution < 1.29 is 9.64 Å². The van der Waals surface area contributed by atoms with Gasteiger partial charge in [0.05, 0.1) is 45.5 Å². The Balaban J connectivity index is 1.80. The number of aryl methyl sites for hydroxylation is 1. The van der Waals surface area contributed by atoms with Gasteiger partial charge in [-0.2, -0.15) is 0 Å². The van der Waals surface area contributed by atoms with Crippen LogP contribution in [-0.2, 0) is 11.3 Å². The van der Waals surface area contributed by atoms with E-state index in [2.05, 4.69) is 41.8 Å². The summed E-state index contributed by atoms with van der Waals surface area (Å²) in [5, 5.41) is 3.36. The van der Waals surface area contributed by atoms with Crippen LogP contribution in [0.5, 0.6) is 0 Å². The van der Waals surface area contributed by atoms with Crippen molar-refractivity contribution in [2.45, 2.75) is 20.4 Å². The summed E-state index contributed by atoms with van der Waals surface area (Å²) >= 11 is 1.77. The number of nitrogens with zero attached hydrogens (tertiary/aromatic N) is 3. The number of rotatable bonds is 5. The van der Waals surface area contributed by atoms with Gasteiger partial charge in [0.25, 0.3) is 0 Å². The molecule has 0 aliphatic carbocycles. The van der Waals surface area contributed by atoms with Gasteiger partial charge in [-0.15, -0.1) is 11.3 Å². The second kappa shape index (κ2) is 7.03. The average molecular weight is 335 g/mol. The third-order valence-corrected chi connectivity index (χ3v) is 5.65. The van der Waals surface area contributed by atoms with E-state index < -0.39 is 0 Å². The highest BCUT2D eigenvalue weighted by molar-refractivity contribution is 7.14. The Morgan fingerprint density at radius 1 is 1.30 bits per heavy atom. The largest absolute Gasteiger partial charge is 0.383 e. The van der Waals surface area contributed by atoms with Crippen molar-refractivity contribution >= 4 is 16.5 Å². The highest BCUT2D eigenvalue weighted by Crippen LogP contribution is 2.31. The van der Waals surface area contributed by atoms with Crippen LogP contribution in [0.3, 0.4) is 0 Å². The Bertz CT molecular complexity index is 656. The van der Waals surface area contributed by atoms with Gasteiger partial charge in [-0.25, -0.2) is 4.98 Å². The van der Waals surface area contributed by atoms with Crippen LogP contribution < -0.4 is 9.80 Å². The first kappa shape index (κ1) is 16.5. The number of piperazine rings is 1. The molecule has 0 unspecified atom stereocenters. The SMILES string of the molecule is COCCn1c(C)cc(-c2csc(N3CC[NH+](C)CC3)n2)c1C. The van der Waals surface area contributed by atoms with Crippen molar-refractivity contribution in [1.29, 1.82) is 0 Å². The number of methoxy groups -OCH3 is 1. The van der Waals surface area contributed by atoms with Crippen LogP contribution in [0.4, 0.5) is 5.13 Å². The predicted octanol–water partition coefficient (Wildman–Crippen LogP) is 1.21. The van der Waals surface area contributed by atoms with Crippen LogP contribution >= 0.6 is 11.3 Å². The molecular weight excluding hydrogens is 308 g/mol. The van der Waals surface area contributed by atoms with E-state index in [1.807, 2.05) is 0 Å². The van der Waals surface area contributed by atoms with Gasteiger partial charge in [0.15, 0.2) is 5.13 Å². The molecule has 1 aliphatic rings. The summed E-state index contributed by atoms with van der Waals surface area (Å²) in [6, 6.07) is 2.25. The summed E-state index contributed by atoms with van der Waals surface area (Å²) in [6.07, 6.45) is 0. The van der Waals surface area contributed by atoms with Crippen molar-refractivity contribution in [3.63, 3.8) is 0 Å². The van der Waals surface area contributed by atoms with E-state index in [1.165, 1.54) is 30.0 Å². The minimum Gasteiger partial charge on any atom is -0.383 e. The van der Waals surface area contributed by atoms with Crippen molar-refractivity contribution in [1.82, 2.24) is 9.55 Å². The van der Waals surface area contributed by atoms with Gasteiger partial charge in [0.1, 0.15) is 0 Å². The number of thiazole rings is 1. The summed E-state index contributed by atoms with van der Waals surface area (Å²) in [5.41, 5.74) is 4.90. The molecule has 2 aromatic rings. The zero-order chi connectivity index (χ0) is 16.4. The van der Waals surface area contributed by atoms with E-state index in [4.69, 9.17) is 9.72 Å². The zero-order valence-electron chi connectivity index (χ0n) is 14.6. The van der Waals surface area contributed by atoms with Crippen molar-refractivity contribution in [3.8, 4) is 11.3 Å². The molecule has 1 saturated heterocycles. The molecule has 0 spiro atoms. The van der Waals surface area contributed by atoms with Crippen LogP contribution in [0.2, 0.25) is 0 Å². The monoisotopic (exact) mass is 335 g/mol. The Kier molecular flexibility index (Phi) is 5.04. The first-order valence-corrected chi connectivity index (χ1v) is 9.16. The second-order valence-corrected chi connectivity index (χ2v) is 7.23. The molecule has 0 saturated carbocycles. The topological polar surface area (TPSA) is 34.7 Å². The van der Waals surface area contributed by atoms with E-state index in [0.29, 0.717) is 0 Å². The van der Waals surface area contributed by atoms with Crippen LogP contribution in [0, 0.1) is 13.8 Å². The Morgan fingerprint density at radius 2 is 2.04 bits per heavy atom. The quantitative estimate of drug-likeness (QED) is 0.892. The minimum absolute atomic E-state index is 0.738. The molecule has 23 heavy (non-hydrogen) atoms. The number of hydrogen-bond acceptors (Lipinski definition) is 4. The van der Waals surface area contributed by atoms with Crippen LogP contribution in [0.1, 0.15) is 11.4 Å². The maximum absolute atomic E-state index is 5.22. The summed E-state index contributed by atoms with van der Waals surface area (Å²) in [7, 11) is 4.01. The first-order chi connectivity index (χ1) is 11.1. The Morgan fingerprint density at radius 3 is 2.74 bits per heavy atom. The van der Waals surface area contributed by atoms with Crippen molar-refractivity contribution in [3.05, 3.63) is 22.8 Å². The minimum atomic E-state index is 0.738. The molecule has 1 N–H and O–H groups in total. The maximum atomic E-state index is 5.22. The molecule has 0 bridgehead atoms. The molecule has 0 radical (unpaired) electrons. The summed E-state index contributed by atoms with van der Waals surface area (Å²) in [4.78, 5) is 8.95. The van der Waals surface area contributed by atoms with Gasteiger partial charge in [0.2, 0.25) is 0 Å². The van der Waals surface area contributed by atoms with E-state index in [9.17, 15) is 0 Å². The summed E-state index contributed by atoms with van der Waals surface area (Å²) in [6.45, 7) is 10.6. The molecule has 0 aromatic carbocycles. The summed E-state index contributed by atoms with van der Waals surface area (Å²) in [5.74, 6) is 0. The van der Waals surface area contributed by atoms with Gasteiger partial charge in [-0.3, -0.25) is 0 Å². The van der Waals surface area contributed by atoms with Gasteiger partial charge >= 0.3 is 0 Å². The molecule has 3 rings (SSSR count). The Labute approximate surface area is 142 Å². The van der Waals surface area contributed by atoms with Gasteiger partial charge in [-0.05, 0) is 19.9 Å². The summed E-state index contributed by atoms with van der Waals surface area (Å²) < 4.78 is 7.54. The molecule has 5 nitrogen and oxygen atoms in total. The lowest BCUT2D eigenvalue weighted by molar-refractivity contribution is -0.880. The highest BCUT2D eigenvalue weighted by Gasteiger charge is 2.20. The number of quaternary nitrogens is 1. The van der Waals surface area contributed by atoms with Gasteiger partial charge in [-0.1, -0.05) is 0 Å². The predicted molar refractivity (Wildman–Crippen MR) is 95.7 cm³/mol. The zero-order valence-corrected chi connectivity index (χ0v) is 15.4. The molecule has 126 valence electrons. The number of ether oxygens (including phenoxy) is 1. The van der Waals surface area contributed by atoms with Crippen LogP contribution in [0.25, 0.3) is 11.3 Å². The maximum Gasteiger partial charge on any atom is 0.186 e. The number of anilines is 1. The molecule has 6 heteroatoms. The third kappa shape index (κ3) is 3.44. The third-order valence-electron chi connectivity index (χ3n) is 4.75. The van der Waals surface area contributed by atoms with E-state index in [0.717, 1.165) is 37.1 Å². The lowest BCUT2D eigenvalue weighted by Crippen LogP contribution is -3.12. The first-order valence-electron chi connectivity index (χ1n) is 8.28. The molecule has 2 aromatic heterocycles. The van der Waals surface area contributed by atoms with Gasteiger partial charge < -0.3 is 19.1 Å². The fraction of sp³-hybridized carbons (Fsp3) is 0.588. The lowest BCUT2D eigenvalue weighted by Gasteiger charge is -2.29. The molecule has 3 heterocycles. The smallest absolute Gasteiger partial charge is 0.186 e. The van der Waals surface area contributed by atoms with E-state index >= 15 is 0 Å². The molecule has 1 aliphatic heterocycles. The molecular formula is C17H27N4OS+. The second-order valence-electron chi connectivity index (χ2n) is 6.39. The number of nitrogens with one attached hydrogen (secondary N) is 1. The van der Waals surface area contributed by atoms with Gasteiger partial charge in [0, 0.05) is 36.0 Å².